The smallest absolute Gasteiger partial charge is 0.352 e. The zero-order valence-electron chi connectivity index (χ0n) is 5.27. The fourth-order valence-corrected chi connectivity index (χ4v) is 0.551. The van der Waals surface area contributed by atoms with E-state index in [0.717, 1.165) is 6.20 Å². The molecule has 0 saturated heterocycles. The summed E-state index contributed by atoms with van der Waals surface area (Å²) >= 11 is 0. The predicted octanol–water partition coefficient (Wildman–Crippen LogP) is -1.35. The second kappa shape index (κ2) is 2.37. The maximum atomic E-state index is 10.7. The highest BCUT2D eigenvalue weighted by Gasteiger charge is 2.02. The van der Waals surface area contributed by atoms with Gasteiger partial charge in [-0.3, -0.25) is 4.79 Å². The molecule has 1 aromatic heterocycles. The van der Waals surface area contributed by atoms with E-state index in [0.29, 0.717) is 0 Å². The van der Waals surface area contributed by atoms with Crippen LogP contribution in [0.15, 0.2) is 21.1 Å². The van der Waals surface area contributed by atoms with Crippen LogP contribution in [0.3, 0.4) is 0 Å². The Bertz CT molecular complexity index is 389. The van der Waals surface area contributed by atoms with E-state index < -0.39 is 11.2 Å². The Morgan fingerprint density at radius 1 is 1.55 bits per heavy atom. The van der Waals surface area contributed by atoms with Crippen molar-refractivity contribution in [3.63, 3.8) is 0 Å². The molecule has 0 aliphatic heterocycles. The Morgan fingerprint density at radius 2 is 2.18 bits per heavy atom. The molecule has 1 aromatic rings. The van der Waals surface area contributed by atoms with Crippen LogP contribution in [0.4, 0.5) is 5.69 Å². The highest BCUT2D eigenvalue weighted by molar-refractivity contribution is 5.29. The third-order valence-corrected chi connectivity index (χ3v) is 1.06. The van der Waals surface area contributed by atoms with Crippen molar-refractivity contribution < 1.29 is 0 Å². The van der Waals surface area contributed by atoms with Crippen molar-refractivity contribution in [2.24, 2.45) is 5.29 Å². The Balaban J connectivity index is 3.68. The first-order chi connectivity index (χ1) is 5.16. The minimum absolute atomic E-state index is 0.106. The van der Waals surface area contributed by atoms with E-state index in [2.05, 4.69) is 5.29 Å². The van der Waals surface area contributed by atoms with Gasteiger partial charge in [0.05, 0.1) is 5.29 Å². The lowest BCUT2D eigenvalue weighted by atomic mass is 10.5. The van der Waals surface area contributed by atoms with E-state index in [1.807, 2.05) is 4.98 Å². The predicted molar refractivity (Wildman–Crippen MR) is 36.9 cm³/mol. The topological polar surface area (TPSA) is 110 Å². The van der Waals surface area contributed by atoms with E-state index in [-0.39, 0.29) is 10.4 Å². The van der Waals surface area contributed by atoms with Crippen LogP contribution in [0.5, 0.6) is 0 Å². The Morgan fingerprint density at radius 3 is 2.64 bits per heavy atom. The second-order valence-electron chi connectivity index (χ2n) is 1.75. The normalized spacial score (nSPS) is 9.45. The number of rotatable bonds is 1. The summed E-state index contributed by atoms with van der Waals surface area (Å²) in [7, 11) is 0. The van der Waals surface area contributed by atoms with Gasteiger partial charge in [0.25, 0.3) is 0 Å². The molecule has 0 aliphatic carbocycles. The van der Waals surface area contributed by atoms with E-state index in [4.69, 9.17) is 5.73 Å². The van der Waals surface area contributed by atoms with Crippen LogP contribution in [-0.2, 0) is 0 Å². The van der Waals surface area contributed by atoms with Crippen LogP contribution in [0.1, 0.15) is 0 Å². The molecule has 7 nitrogen and oxygen atoms in total. The van der Waals surface area contributed by atoms with Gasteiger partial charge in [0, 0.05) is 6.20 Å². The summed E-state index contributed by atoms with van der Waals surface area (Å²) in [5, 5.41) is 2.16. The summed E-state index contributed by atoms with van der Waals surface area (Å²) in [4.78, 5) is 33.2. The van der Waals surface area contributed by atoms with Crippen LogP contribution in [0, 0.1) is 4.91 Å². The molecular weight excluding hydrogens is 152 g/mol. The quantitative estimate of drug-likeness (QED) is 0.489. The van der Waals surface area contributed by atoms with Crippen LogP contribution in [0.2, 0.25) is 0 Å². The van der Waals surface area contributed by atoms with Gasteiger partial charge in [-0.2, -0.15) is 0 Å². The standard InChI is InChI=1S/C4H4N4O3/c5-2-1-6-4(10)8(7-11)3(2)9/h1H,5H2,(H,6,10). The van der Waals surface area contributed by atoms with Crippen molar-refractivity contribution in [2.75, 3.05) is 5.73 Å². The van der Waals surface area contributed by atoms with Gasteiger partial charge in [0.2, 0.25) is 0 Å². The van der Waals surface area contributed by atoms with Crippen molar-refractivity contribution in [2.45, 2.75) is 0 Å². The highest BCUT2D eigenvalue weighted by Crippen LogP contribution is 1.81. The average molecular weight is 156 g/mol. The molecule has 1 heterocycles. The molecule has 0 aromatic carbocycles. The summed E-state index contributed by atoms with van der Waals surface area (Å²) in [6.45, 7) is 0. The van der Waals surface area contributed by atoms with Gasteiger partial charge >= 0.3 is 11.2 Å². The largest absolute Gasteiger partial charge is 0.393 e. The van der Waals surface area contributed by atoms with E-state index in [1.165, 1.54) is 0 Å². The number of aromatic nitrogens is 2. The molecule has 0 bridgehead atoms. The van der Waals surface area contributed by atoms with E-state index in [9.17, 15) is 14.5 Å². The SMILES string of the molecule is Nc1c[nH]c(=O)n(N=O)c1=O. The Hall–Kier alpha value is -1.92. The van der Waals surface area contributed by atoms with Crippen molar-refractivity contribution in [1.29, 1.82) is 0 Å². The van der Waals surface area contributed by atoms with Crippen molar-refractivity contribution in [3.05, 3.63) is 31.9 Å². The van der Waals surface area contributed by atoms with Crippen molar-refractivity contribution >= 4 is 5.69 Å². The molecule has 0 saturated carbocycles. The number of nitrogen functional groups attached to an aromatic ring is 1. The van der Waals surface area contributed by atoms with Crippen molar-refractivity contribution in [3.8, 4) is 0 Å². The number of hydrogen-bond donors (Lipinski definition) is 2. The molecule has 1 rings (SSSR count). The monoisotopic (exact) mass is 156 g/mol. The summed E-state index contributed by atoms with van der Waals surface area (Å²) in [6, 6.07) is 0. The van der Waals surface area contributed by atoms with Gasteiger partial charge in [0.15, 0.2) is 0 Å². The molecule has 0 amide bonds. The van der Waals surface area contributed by atoms with Crippen LogP contribution in [0.25, 0.3) is 0 Å². The zero-order chi connectivity index (χ0) is 8.43. The number of nitroso groups, excluding NO2 is 1. The zero-order valence-corrected chi connectivity index (χ0v) is 5.27. The Labute approximate surface area is 59.4 Å². The highest BCUT2D eigenvalue weighted by atomic mass is 16.3. The second-order valence-corrected chi connectivity index (χ2v) is 1.75. The van der Waals surface area contributed by atoms with E-state index in [1.54, 1.807) is 0 Å². The fraction of sp³-hybridized carbons (Fsp3) is 0. The Kier molecular flexibility index (Phi) is 1.55. The average Bonchev–Trinajstić information content (AvgIpc) is 1.99. The number of nitrogens with one attached hydrogen (secondary N) is 1. The number of H-pyrrole nitrogens is 1. The molecule has 0 radical (unpaired) electrons. The molecule has 0 atom stereocenters. The fourth-order valence-electron chi connectivity index (χ4n) is 0.551. The molecule has 7 heteroatoms. The third kappa shape index (κ3) is 1.02. The molecular formula is C4H4N4O3. The maximum Gasteiger partial charge on any atom is 0.352 e. The number of aromatic amines is 1. The molecule has 58 valence electrons. The first-order valence-corrected chi connectivity index (χ1v) is 2.60. The number of anilines is 1. The third-order valence-electron chi connectivity index (χ3n) is 1.06. The summed E-state index contributed by atoms with van der Waals surface area (Å²) in [5.74, 6) is 0. The summed E-state index contributed by atoms with van der Waals surface area (Å²) in [5.41, 5.74) is 3.01. The maximum absolute atomic E-state index is 10.7. The number of hydrogen-bond acceptors (Lipinski definition) is 5. The van der Waals surface area contributed by atoms with Gasteiger partial charge < -0.3 is 10.7 Å². The first kappa shape index (κ1) is 7.19. The van der Waals surface area contributed by atoms with Gasteiger partial charge in [0.1, 0.15) is 5.69 Å². The van der Waals surface area contributed by atoms with Gasteiger partial charge in [-0.15, -0.1) is 9.58 Å². The molecule has 3 N–H and O–H groups in total. The lowest BCUT2D eigenvalue weighted by Crippen LogP contribution is -2.32. The molecule has 0 spiro atoms. The van der Waals surface area contributed by atoms with Gasteiger partial charge in [-0.1, -0.05) is 0 Å². The summed E-state index contributed by atoms with van der Waals surface area (Å²) in [6.07, 6.45) is 1.01. The minimum atomic E-state index is -0.913. The number of nitrogens with two attached hydrogens (primary N) is 1. The molecule has 0 fully saturated rings. The summed E-state index contributed by atoms with van der Waals surface area (Å²) < 4.78 is 0.106. The minimum Gasteiger partial charge on any atom is -0.393 e. The van der Waals surface area contributed by atoms with Gasteiger partial charge in [-0.05, 0) is 0 Å². The molecule has 0 aliphatic rings. The number of nitrogens with zero attached hydrogens (tertiary/aromatic N) is 2. The van der Waals surface area contributed by atoms with Crippen molar-refractivity contribution in [1.82, 2.24) is 9.66 Å². The molecule has 11 heavy (non-hydrogen) atoms. The first-order valence-electron chi connectivity index (χ1n) is 2.60. The van der Waals surface area contributed by atoms with Gasteiger partial charge in [-0.25, -0.2) is 4.79 Å². The van der Waals surface area contributed by atoms with E-state index >= 15 is 0 Å². The lowest BCUT2D eigenvalue weighted by Gasteiger charge is -1.91. The van der Waals surface area contributed by atoms with Crippen LogP contribution in [-0.4, -0.2) is 9.66 Å². The molecule has 0 unspecified atom stereocenters. The lowest BCUT2D eigenvalue weighted by molar-refractivity contribution is 0.747. The van der Waals surface area contributed by atoms with Crippen LogP contribution >= 0.6 is 0 Å². The van der Waals surface area contributed by atoms with Crippen LogP contribution < -0.4 is 17.0 Å².